The maximum atomic E-state index is 11.9. The van der Waals surface area contributed by atoms with Gasteiger partial charge in [-0.2, -0.15) is 4.89 Å². The van der Waals surface area contributed by atoms with Crippen LogP contribution in [0, 0.1) is 0 Å². The first-order chi connectivity index (χ1) is 16.4. The number of aromatic hydroxyl groups is 1. The van der Waals surface area contributed by atoms with Gasteiger partial charge >= 0.3 is 8.03 Å². The van der Waals surface area contributed by atoms with Gasteiger partial charge in [-0.1, -0.05) is 18.6 Å². The molecule has 3 rings (SSSR count). The molecule has 2 aromatic carbocycles. The average Bonchev–Trinajstić information content (AvgIpc) is 2.86. The molecule has 0 radical (unpaired) electrons. The summed E-state index contributed by atoms with van der Waals surface area (Å²) in [7, 11) is -2.27. The summed E-state index contributed by atoms with van der Waals surface area (Å²) in [5, 5.41) is 31.4. The molecule has 0 amide bonds. The SMILES string of the molecule is O=[P+](O)C1(COc2ccc(CCNCC(O)COc3ccc(O)c(CO)c3)cc2)CCCCC1. The molecule has 2 aromatic rings. The molecule has 0 aromatic heterocycles. The third kappa shape index (κ3) is 7.65. The van der Waals surface area contributed by atoms with Gasteiger partial charge in [-0.25, -0.2) is 0 Å². The Bertz CT molecular complexity index is 916. The molecule has 0 spiro atoms. The van der Waals surface area contributed by atoms with Crippen LogP contribution in [0.1, 0.15) is 43.2 Å². The molecule has 1 aliphatic carbocycles. The Balaban J connectivity index is 1.34. The summed E-state index contributed by atoms with van der Waals surface area (Å²) in [6, 6.07) is 12.3. The molecule has 5 N–H and O–H groups in total. The number of hydrogen-bond acceptors (Lipinski definition) is 7. The number of aliphatic hydroxyl groups excluding tert-OH is 2. The van der Waals surface area contributed by atoms with Gasteiger partial charge in [-0.3, -0.25) is 0 Å². The Kier molecular flexibility index (Phi) is 10.1. The smallest absolute Gasteiger partial charge is 0.508 e. The Morgan fingerprint density at radius 1 is 1.03 bits per heavy atom. The zero-order valence-corrected chi connectivity index (χ0v) is 20.3. The van der Waals surface area contributed by atoms with Gasteiger partial charge in [0.2, 0.25) is 5.16 Å². The van der Waals surface area contributed by atoms with E-state index in [0.717, 1.165) is 44.1 Å². The van der Waals surface area contributed by atoms with E-state index in [2.05, 4.69) is 5.32 Å². The standard InChI is InChI=1S/C25H34NO7P/c27-16-20-14-23(8-9-24(20)29)32-17-21(28)15-26-13-10-19-4-6-22(7-5-19)33-18-25(34(30)31)11-2-1-3-12-25/h4-9,14,21,26-28H,1-3,10-13,15-18H2,(H-,29,30,31)/p+1. The van der Waals surface area contributed by atoms with Gasteiger partial charge in [-0.15, -0.1) is 0 Å². The fourth-order valence-electron chi connectivity index (χ4n) is 4.10. The number of benzene rings is 2. The zero-order valence-electron chi connectivity index (χ0n) is 19.4. The summed E-state index contributed by atoms with van der Waals surface area (Å²) < 4.78 is 23.3. The van der Waals surface area contributed by atoms with E-state index in [1.54, 1.807) is 12.1 Å². The number of hydrogen-bond donors (Lipinski definition) is 5. The molecule has 9 heteroatoms. The van der Waals surface area contributed by atoms with Crippen molar-refractivity contribution in [1.82, 2.24) is 5.32 Å². The van der Waals surface area contributed by atoms with Crippen molar-refractivity contribution in [1.29, 1.82) is 0 Å². The highest BCUT2D eigenvalue weighted by Gasteiger charge is 2.50. The second-order valence-electron chi connectivity index (χ2n) is 8.86. The van der Waals surface area contributed by atoms with E-state index < -0.39 is 19.3 Å². The molecule has 8 nitrogen and oxygen atoms in total. The summed E-state index contributed by atoms with van der Waals surface area (Å²) in [6.45, 7) is 1.12. The van der Waals surface area contributed by atoms with E-state index in [1.165, 1.54) is 6.07 Å². The molecule has 0 bridgehead atoms. The summed E-state index contributed by atoms with van der Waals surface area (Å²) >= 11 is 0. The van der Waals surface area contributed by atoms with Crippen molar-refractivity contribution >= 4 is 8.03 Å². The van der Waals surface area contributed by atoms with Crippen LogP contribution in [-0.4, -0.2) is 57.8 Å². The molecule has 34 heavy (non-hydrogen) atoms. The normalized spacial score (nSPS) is 16.6. The fourth-order valence-corrected chi connectivity index (χ4v) is 4.98. The maximum Gasteiger partial charge on any atom is 0.515 e. The van der Waals surface area contributed by atoms with Gasteiger partial charge in [0.25, 0.3) is 0 Å². The van der Waals surface area contributed by atoms with E-state index in [-0.39, 0.29) is 25.6 Å². The Morgan fingerprint density at radius 3 is 2.41 bits per heavy atom. The van der Waals surface area contributed by atoms with Crippen molar-refractivity contribution in [3.05, 3.63) is 53.6 Å². The lowest BCUT2D eigenvalue weighted by Crippen LogP contribution is -2.34. The third-order valence-electron chi connectivity index (χ3n) is 6.26. The highest BCUT2D eigenvalue weighted by molar-refractivity contribution is 7.40. The lowest BCUT2D eigenvalue weighted by atomic mass is 9.89. The van der Waals surface area contributed by atoms with Crippen molar-refractivity contribution in [2.24, 2.45) is 0 Å². The number of nitrogens with one attached hydrogen (secondary N) is 1. The molecule has 2 unspecified atom stereocenters. The van der Waals surface area contributed by atoms with Crippen LogP contribution >= 0.6 is 8.03 Å². The summed E-state index contributed by atoms with van der Waals surface area (Å²) in [4.78, 5) is 9.81. The van der Waals surface area contributed by atoms with Gasteiger partial charge in [-0.05, 0) is 66.3 Å². The topological polar surface area (TPSA) is 128 Å². The average molecular weight is 493 g/mol. The van der Waals surface area contributed by atoms with Gasteiger partial charge in [0.1, 0.15) is 36.6 Å². The van der Waals surface area contributed by atoms with Crippen LogP contribution < -0.4 is 14.8 Å². The number of ether oxygens (including phenoxy) is 2. The second kappa shape index (κ2) is 13.0. The minimum absolute atomic E-state index is 0.00633. The number of phenols is 1. The first kappa shape index (κ1) is 26.4. The van der Waals surface area contributed by atoms with E-state index >= 15 is 0 Å². The van der Waals surface area contributed by atoms with Crippen molar-refractivity contribution in [2.75, 3.05) is 26.3 Å². The molecule has 0 heterocycles. The van der Waals surface area contributed by atoms with Crippen LogP contribution in [0.25, 0.3) is 0 Å². The molecular weight excluding hydrogens is 457 g/mol. The summed E-state index contributed by atoms with van der Waals surface area (Å²) in [6.07, 6.45) is 4.60. The van der Waals surface area contributed by atoms with Gasteiger partial charge in [0.05, 0.1) is 6.61 Å². The van der Waals surface area contributed by atoms with Crippen molar-refractivity contribution in [3.8, 4) is 17.2 Å². The Hall–Kier alpha value is -2.22. The molecule has 1 saturated carbocycles. The minimum atomic E-state index is -2.27. The van der Waals surface area contributed by atoms with Gasteiger partial charge < -0.3 is 30.1 Å². The molecule has 186 valence electrons. The minimum Gasteiger partial charge on any atom is -0.508 e. The van der Waals surface area contributed by atoms with Crippen LogP contribution in [0.4, 0.5) is 0 Å². The first-order valence-corrected chi connectivity index (χ1v) is 13.0. The van der Waals surface area contributed by atoms with E-state index in [9.17, 15) is 24.8 Å². The molecule has 0 aliphatic heterocycles. The first-order valence-electron chi connectivity index (χ1n) is 11.7. The molecular formula is C25H35NO7P+. The van der Waals surface area contributed by atoms with Crippen LogP contribution in [0.2, 0.25) is 0 Å². The van der Waals surface area contributed by atoms with Gasteiger partial charge in [0.15, 0.2) is 0 Å². The van der Waals surface area contributed by atoms with Crippen molar-refractivity contribution < 1.29 is 34.3 Å². The largest absolute Gasteiger partial charge is 0.515 e. The molecule has 2 atom stereocenters. The molecule has 1 aliphatic rings. The van der Waals surface area contributed by atoms with Crippen LogP contribution in [-0.2, 0) is 17.6 Å². The van der Waals surface area contributed by atoms with Crippen molar-refractivity contribution in [2.45, 2.75) is 56.4 Å². The number of rotatable bonds is 13. The summed E-state index contributed by atoms with van der Waals surface area (Å²) in [5.41, 5.74) is 1.49. The highest BCUT2D eigenvalue weighted by atomic mass is 31.1. The third-order valence-corrected chi connectivity index (χ3v) is 7.64. The van der Waals surface area contributed by atoms with E-state index in [1.807, 2.05) is 24.3 Å². The van der Waals surface area contributed by atoms with E-state index in [4.69, 9.17) is 9.47 Å². The number of aliphatic hydroxyl groups is 2. The lowest BCUT2D eigenvalue weighted by molar-refractivity contribution is 0.106. The van der Waals surface area contributed by atoms with Crippen LogP contribution in [0.5, 0.6) is 17.2 Å². The van der Waals surface area contributed by atoms with Crippen LogP contribution in [0.3, 0.4) is 0 Å². The quantitative estimate of drug-likeness (QED) is 0.213. The Morgan fingerprint density at radius 2 is 1.74 bits per heavy atom. The second-order valence-corrected chi connectivity index (χ2v) is 10.4. The highest BCUT2D eigenvalue weighted by Crippen LogP contribution is 2.46. The zero-order chi connectivity index (χ0) is 24.4. The van der Waals surface area contributed by atoms with Crippen molar-refractivity contribution in [3.63, 3.8) is 0 Å². The molecule has 0 saturated heterocycles. The van der Waals surface area contributed by atoms with Crippen LogP contribution in [0.15, 0.2) is 42.5 Å². The predicted octanol–water partition coefficient (Wildman–Crippen LogP) is 3.27. The Labute approximate surface area is 201 Å². The monoisotopic (exact) mass is 492 g/mol. The van der Waals surface area contributed by atoms with E-state index in [0.29, 0.717) is 30.2 Å². The van der Waals surface area contributed by atoms with Gasteiger partial charge in [0, 0.05) is 24.9 Å². The fraction of sp³-hybridized carbons (Fsp3) is 0.520. The maximum absolute atomic E-state index is 11.9. The molecule has 1 fully saturated rings. The summed E-state index contributed by atoms with van der Waals surface area (Å²) in [5.74, 6) is 1.18. The predicted molar refractivity (Wildman–Crippen MR) is 130 cm³/mol. The lowest BCUT2D eigenvalue weighted by Gasteiger charge is -2.25.